The molecule has 7 nitrogen and oxygen atoms in total. The first-order chi connectivity index (χ1) is 18.9. The summed E-state index contributed by atoms with van der Waals surface area (Å²) >= 11 is 0. The number of carboxylic acids is 1. The molecule has 0 radical (unpaired) electrons. The number of nitrogens with zero attached hydrogens (tertiary/aromatic N) is 4. The Hall–Kier alpha value is -3.55. The van der Waals surface area contributed by atoms with Crippen LogP contribution in [0.1, 0.15) is 68.1 Å². The predicted octanol–water partition coefficient (Wildman–Crippen LogP) is 5.68. The zero-order chi connectivity index (χ0) is 27.2. The van der Waals surface area contributed by atoms with Crippen molar-refractivity contribution < 1.29 is 14.6 Å². The van der Waals surface area contributed by atoms with Crippen LogP contribution in [0.5, 0.6) is 0 Å². The van der Waals surface area contributed by atoms with Gasteiger partial charge in [0.2, 0.25) is 0 Å². The van der Waals surface area contributed by atoms with Gasteiger partial charge in [-0.2, -0.15) is 5.10 Å². The summed E-state index contributed by atoms with van der Waals surface area (Å²) in [6.45, 7) is 6.53. The average molecular weight is 527 g/mol. The quantitative estimate of drug-likeness (QED) is 0.253. The van der Waals surface area contributed by atoms with Crippen LogP contribution in [-0.2, 0) is 21.4 Å². The van der Waals surface area contributed by atoms with Crippen molar-refractivity contribution in [3.63, 3.8) is 0 Å². The summed E-state index contributed by atoms with van der Waals surface area (Å²) in [6, 6.07) is 25.0. The molecule has 1 saturated heterocycles. The number of hydrogen-bond donors (Lipinski definition) is 1. The van der Waals surface area contributed by atoms with Gasteiger partial charge in [-0.1, -0.05) is 60.7 Å². The Balaban J connectivity index is 1.08. The van der Waals surface area contributed by atoms with E-state index in [-0.39, 0.29) is 12.2 Å². The van der Waals surface area contributed by atoms with E-state index < -0.39 is 11.4 Å². The lowest BCUT2D eigenvalue weighted by Gasteiger charge is -2.34. The number of aliphatic carboxylic acids is 1. The second-order valence-corrected chi connectivity index (χ2v) is 11.0. The van der Waals surface area contributed by atoms with Crippen LogP contribution in [0.15, 0.2) is 79.0 Å². The lowest BCUT2D eigenvalue weighted by atomic mass is 9.90. The van der Waals surface area contributed by atoms with Crippen LogP contribution in [0.4, 0.5) is 0 Å². The standard InChI is InChI=1S/C32H38N4O3/c1-32(2,31(37)38)28-23-36-29(33-28)17-16-26(34-36)15-9-10-20-35-21-18-27(19-22-35)39-30(24-11-5-3-6-12-24)25-13-7-4-8-14-25/h3-8,11-14,16-17,23,27,30H,9-10,15,18-22H2,1-2H3,(H,37,38). The molecule has 1 aliphatic rings. The maximum Gasteiger partial charge on any atom is 0.315 e. The summed E-state index contributed by atoms with van der Waals surface area (Å²) in [6.07, 6.45) is 7.11. The number of aromatic nitrogens is 3. The predicted molar refractivity (Wildman–Crippen MR) is 152 cm³/mol. The van der Waals surface area contributed by atoms with Gasteiger partial charge in [0.15, 0.2) is 5.65 Å². The first kappa shape index (κ1) is 27.0. The highest BCUT2D eigenvalue weighted by Crippen LogP contribution is 2.30. The molecule has 1 N–H and O–H groups in total. The van der Waals surface area contributed by atoms with E-state index in [4.69, 9.17) is 4.74 Å². The molecule has 0 amide bonds. The van der Waals surface area contributed by atoms with Crippen molar-refractivity contribution in [2.75, 3.05) is 19.6 Å². The van der Waals surface area contributed by atoms with Crippen molar-refractivity contribution in [3.05, 3.63) is 102 Å². The Kier molecular flexibility index (Phi) is 8.38. The Bertz CT molecular complexity index is 1320. The van der Waals surface area contributed by atoms with Gasteiger partial charge in [0.25, 0.3) is 0 Å². The van der Waals surface area contributed by atoms with Gasteiger partial charge in [0.1, 0.15) is 11.5 Å². The molecule has 0 unspecified atom stereocenters. The fourth-order valence-electron chi connectivity index (χ4n) is 5.17. The number of hydrogen-bond acceptors (Lipinski definition) is 5. The molecule has 7 heteroatoms. The van der Waals surface area contributed by atoms with Crippen molar-refractivity contribution in [1.82, 2.24) is 19.5 Å². The van der Waals surface area contributed by atoms with Crippen LogP contribution in [0.3, 0.4) is 0 Å². The highest BCUT2D eigenvalue weighted by Gasteiger charge is 2.32. The second kappa shape index (κ2) is 12.1. The van der Waals surface area contributed by atoms with Crippen LogP contribution in [0.25, 0.3) is 5.65 Å². The molecule has 2 aromatic heterocycles. The molecule has 3 heterocycles. The lowest BCUT2D eigenvalue weighted by molar-refractivity contribution is -0.142. The number of likely N-dealkylation sites (tertiary alicyclic amines) is 1. The molecular formula is C32H38N4O3. The molecule has 204 valence electrons. The molecule has 1 fully saturated rings. The summed E-state index contributed by atoms with van der Waals surface area (Å²) in [5.41, 5.74) is 3.56. The van der Waals surface area contributed by atoms with Crippen LogP contribution >= 0.6 is 0 Å². The first-order valence-corrected chi connectivity index (χ1v) is 14.0. The number of imidazole rings is 1. The minimum atomic E-state index is -1.05. The summed E-state index contributed by atoms with van der Waals surface area (Å²) < 4.78 is 8.40. The van der Waals surface area contributed by atoms with Crippen LogP contribution in [-0.4, -0.2) is 56.3 Å². The van der Waals surface area contributed by atoms with E-state index in [0.29, 0.717) is 11.3 Å². The molecule has 0 aliphatic carbocycles. The number of ether oxygens (including phenoxy) is 1. The highest BCUT2D eigenvalue weighted by atomic mass is 16.5. The van der Waals surface area contributed by atoms with E-state index in [1.807, 2.05) is 12.1 Å². The molecule has 4 aromatic rings. The van der Waals surface area contributed by atoms with E-state index in [0.717, 1.165) is 57.4 Å². The number of carbonyl (C=O) groups is 1. The molecular weight excluding hydrogens is 488 g/mol. The maximum atomic E-state index is 11.6. The number of rotatable bonds is 11. The third-order valence-electron chi connectivity index (χ3n) is 7.78. The van der Waals surface area contributed by atoms with Crippen molar-refractivity contribution in [1.29, 1.82) is 0 Å². The third-order valence-corrected chi connectivity index (χ3v) is 7.78. The van der Waals surface area contributed by atoms with E-state index in [2.05, 4.69) is 75.6 Å². The summed E-state index contributed by atoms with van der Waals surface area (Å²) in [7, 11) is 0. The third kappa shape index (κ3) is 6.54. The fraction of sp³-hybridized carbons (Fsp3) is 0.406. The van der Waals surface area contributed by atoms with Crippen molar-refractivity contribution in [3.8, 4) is 0 Å². The molecule has 0 atom stereocenters. The van der Waals surface area contributed by atoms with Gasteiger partial charge < -0.3 is 14.7 Å². The Morgan fingerprint density at radius 1 is 0.974 bits per heavy atom. The van der Waals surface area contributed by atoms with Gasteiger partial charge >= 0.3 is 5.97 Å². The SMILES string of the molecule is CC(C)(C(=O)O)c1cn2nc(CCCCN3CCC(OC(c4ccccc4)c4ccccc4)CC3)ccc2n1. The maximum absolute atomic E-state index is 11.6. The number of aryl methyl sites for hydroxylation is 1. The van der Waals surface area contributed by atoms with Gasteiger partial charge in [-0.3, -0.25) is 4.79 Å². The van der Waals surface area contributed by atoms with Gasteiger partial charge in [-0.05, 0) is 75.8 Å². The Morgan fingerprint density at radius 3 is 2.23 bits per heavy atom. The number of fused-ring (bicyclic) bond motifs is 1. The second-order valence-electron chi connectivity index (χ2n) is 11.0. The molecule has 2 aromatic carbocycles. The number of benzene rings is 2. The van der Waals surface area contributed by atoms with E-state index in [9.17, 15) is 9.90 Å². The van der Waals surface area contributed by atoms with Crippen LogP contribution < -0.4 is 0 Å². The molecule has 1 aliphatic heterocycles. The normalized spacial score (nSPS) is 15.3. The van der Waals surface area contributed by atoms with Crippen molar-refractivity contribution in [2.45, 2.75) is 63.6 Å². The Morgan fingerprint density at radius 2 is 1.62 bits per heavy atom. The molecule has 0 bridgehead atoms. The zero-order valence-electron chi connectivity index (χ0n) is 22.9. The van der Waals surface area contributed by atoms with E-state index >= 15 is 0 Å². The first-order valence-electron chi connectivity index (χ1n) is 14.0. The molecule has 5 rings (SSSR count). The van der Waals surface area contributed by atoms with Crippen LogP contribution in [0.2, 0.25) is 0 Å². The zero-order valence-corrected chi connectivity index (χ0v) is 22.9. The van der Waals surface area contributed by atoms with E-state index in [1.54, 1.807) is 24.6 Å². The number of carboxylic acid groups (broad SMARTS) is 1. The van der Waals surface area contributed by atoms with Crippen LogP contribution in [0, 0.1) is 0 Å². The minimum Gasteiger partial charge on any atom is -0.481 e. The van der Waals surface area contributed by atoms with Gasteiger partial charge in [0.05, 0.1) is 23.7 Å². The Labute approximate surface area is 230 Å². The fourth-order valence-corrected chi connectivity index (χ4v) is 5.17. The summed E-state index contributed by atoms with van der Waals surface area (Å²) in [5, 5.41) is 14.2. The van der Waals surface area contributed by atoms with Crippen molar-refractivity contribution in [2.24, 2.45) is 0 Å². The minimum absolute atomic E-state index is 0.0319. The summed E-state index contributed by atoms with van der Waals surface area (Å²) in [4.78, 5) is 18.6. The monoisotopic (exact) mass is 526 g/mol. The highest BCUT2D eigenvalue weighted by molar-refractivity contribution is 5.79. The topological polar surface area (TPSA) is 80.0 Å². The average Bonchev–Trinajstić information content (AvgIpc) is 3.40. The van der Waals surface area contributed by atoms with Crippen molar-refractivity contribution >= 4 is 11.6 Å². The largest absolute Gasteiger partial charge is 0.481 e. The lowest BCUT2D eigenvalue weighted by Crippen LogP contribution is -2.38. The number of piperidine rings is 1. The van der Waals surface area contributed by atoms with Gasteiger partial charge in [-0.25, -0.2) is 9.50 Å². The van der Waals surface area contributed by atoms with Gasteiger partial charge in [-0.15, -0.1) is 0 Å². The molecule has 0 saturated carbocycles. The smallest absolute Gasteiger partial charge is 0.315 e. The summed E-state index contributed by atoms with van der Waals surface area (Å²) in [5.74, 6) is -0.895. The van der Waals surface area contributed by atoms with Gasteiger partial charge in [0, 0.05) is 13.1 Å². The number of unbranched alkanes of at least 4 members (excludes halogenated alkanes) is 1. The van der Waals surface area contributed by atoms with E-state index in [1.165, 1.54) is 11.1 Å². The molecule has 0 spiro atoms. The molecule has 39 heavy (non-hydrogen) atoms.